The van der Waals surface area contributed by atoms with Crippen LogP contribution in [0.4, 0.5) is 11.4 Å². The number of nitrogen functional groups attached to an aromatic ring is 1. The zero-order valence-electron chi connectivity index (χ0n) is 8.54. The van der Waals surface area contributed by atoms with Gasteiger partial charge in [-0.3, -0.25) is 4.79 Å². The Labute approximate surface area is 114 Å². The molecule has 0 spiro atoms. The standard InChI is InChI=1S/C11H8Br2N2O2/c12-6-1-2-9(8(14)5-6)15-11(16)7-3-4-17-10(7)13/h1-5H,14H2,(H,15,16). The number of benzene rings is 1. The lowest BCUT2D eigenvalue weighted by molar-refractivity contribution is 0.102. The van der Waals surface area contributed by atoms with Crippen LogP contribution in [0.1, 0.15) is 10.4 Å². The molecule has 0 aliphatic carbocycles. The van der Waals surface area contributed by atoms with Gasteiger partial charge in [-0.2, -0.15) is 0 Å². The number of nitrogens with two attached hydrogens (primary N) is 1. The van der Waals surface area contributed by atoms with Gasteiger partial charge in [0.1, 0.15) is 0 Å². The van der Waals surface area contributed by atoms with Crippen molar-refractivity contribution >= 4 is 49.1 Å². The molecule has 0 aliphatic heterocycles. The van der Waals surface area contributed by atoms with Crippen molar-refractivity contribution in [1.82, 2.24) is 0 Å². The Hall–Kier alpha value is -1.27. The maximum Gasteiger partial charge on any atom is 0.260 e. The smallest absolute Gasteiger partial charge is 0.260 e. The van der Waals surface area contributed by atoms with Crippen LogP contribution >= 0.6 is 31.9 Å². The Kier molecular flexibility index (Phi) is 3.54. The maximum absolute atomic E-state index is 11.9. The lowest BCUT2D eigenvalue weighted by atomic mass is 10.2. The van der Waals surface area contributed by atoms with Crippen molar-refractivity contribution in [3.8, 4) is 0 Å². The second-order valence-electron chi connectivity index (χ2n) is 3.29. The molecule has 2 aromatic rings. The predicted molar refractivity (Wildman–Crippen MR) is 72.9 cm³/mol. The van der Waals surface area contributed by atoms with Crippen molar-refractivity contribution in [1.29, 1.82) is 0 Å². The Balaban J connectivity index is 2.22. The number of nitrogens with one attached hydrogen (secondary N) is 1. The van der Waals surface area contributed by atoms with Crippen molar-refractivity contribution < 1.29 is 9.21 Å². The van der Waals surface area contributed by atoms with E-state index in [2.05, 4.69) is 37.2 Å². The van der Waals surface area contributed by atoms with Gasteiger partial charge >= 0.3 is 0 Å². The third-order valence-electron chi connectivity index (χ3n) is 2.12. The fourth-order valence-corrected chi connectivity index (χ4v) is 2.09. The normalized spacial score (nSPS) is 10.2. The molecule has 0 saturated heterocycles. The van der Waals surface area contributed by atoms with E-state index in [4.69, 9.17) is 10.2 Å². The molecule has 1 aromatic heterocycles. The molecule has 3 N–H and O–H groups in total. The fraction of sp³-hybridized carbons (Fsp3) is 0. The van der Waals surface area contributed by atoms with E-state index in [-0.39, 0.29) is 5.91 Å². The van der Waals surface area contributed by atoms with Gasteiger partial charge in [0.15, 0.2) is 4.67 Å². The molecule has 17 heavy (non-hydrogen) atoms. The molecular formula is C11H8Br2N2O2. The van der Waals surface area contributed by atoms with E-state index in [1.807, 2.05) is 0 Å². The first kappa shape index (κ1) is 12.2. The Morgan fingerprint density at radius 2 is 2.06 bits per heavy atom. The zero-order valence-corrected chi connectivity index (χ0v) is 11.7. The van der Waals surface area contributed by atoms with Crippen LogP contribution in [0, 0.1) is 0 Å². The van der Waals surface area contributed by atoms with Crippen molar-refractivity contribution in [2.75, 3.05) is 11.1 Å². The first-order valence-electron chi connectivity index (χ1n) is 4.67. The molecule has 6 heteroatoms. The highest BCUT2D eigenvalue weighted by molar-refractivity contribution is 9.10. The zero-order chi connectivity index (χ0) is 12.4. The average molecular weight is 360 g/mol. The number of halogens is 2. The van der Waals surface area contributed by atoms with E-state index < -0.39 is 0 Å². The van der Waals surface area contributed by atoms with Crippen molar-refractivity contribution in [3.05, 3.63) is 45.2 Å². The molecule has 0 saturated carbocycles. The minimum atomic E-state index is -0.278. The molecule has 0 unspecified atom stereocenters. The molecule has 0 fully saturated rings. The average Bonchev–Trinajstić information content (AvgIpc) is 2.68. The van der Waals surface area contributed by atoms with Crippen LogP contribution in [-0.4, -0.2) is 5.91 Å². The van der Waals surface area contributed by atoms with Crippen molar-refractivity contribution in [2.24, 2.45) is 0 Å². The summed E-state index contributed by atoms with van der Waals surface area (Å²) in [6.07, 6.45) is 1.43. The monoisotopic (exact) mass is 358 g/mol. The largest absolute Gasteiger partial charge is 0.457 e. The van der Waals surface area contributed by atoms with Crippen LogP contribution in [0.25, 0.3) is 0 Å². The minimum Gasteiger partial charge on any atom is -0.457 e. The summed E-state index contributed by atoms with van der Waals surface area (Å²) < 4.78 is 6.24. The van der Waals surface area contributed by atoms with Crippen LogP contribution in [0.5, 0.6) is 0 Å². The van der Waals surface area contributed by atoms with Gasteiger partial charge in [0, 0.05) is 4.47 Å². The number of rotatable bonds is 2. The van der Waals surface area contributed by atoms with Crippen molar-refractivity contribution in [2.45, 2.75) is 0 Å². The number of anilines is 2. The molecule has 4 nitrogen and oxygen atoms in total. The van der Waals surface area contributed by atoms with Crippen LogP contribution in [0.3, 0.4) is 0 Å². The van der Waals surface area contributed by atoms with Gasteiger partial charge in [0.2, 0.25) is 0 Å². The Morgan fingerprint density at radius 1 is 1.29 bits per heavy atom. The molecule has 1 amide bonds. The fourth-order valence-electron chi connectivity index (χ4n) is 1.29. The van der Waals surface area contributed by atoms with E-state index in [1.54, 1.807) is 24.3 Å². The molecule has 1 aromatic carbocycles. The van der Waals surface area contributed by atoms with Gasteiger partial charge in [-0.25, -0.2) is 0 Å². The summed E-state index contributed by atoms with van der Waals surface area (Å²) in [6, 6.07) is 6.83. The van der Waals surface area contributed by atoms with Gasteiger partial charge in [0.25, 0.3) is 5.91 Å². The third kappa shape index (κ3) is 2.70. The van der Waals surface area contributed by atoms with Gasteiger partial charge in [-0.05, 0) is 40.2 Å². The molecule has 0 radical (unpaired) electrons. The number of hydrogen-bond acceptors (Lipinski definition) is 3. The maximum atomic E-state index is 11.9. The molecule has 1 heterocycles. The Morgan fingerprint density at radius 3 is 2.65 bits per heavy atom. The van der Waals surface area contributed by atoms with Gasteiger partial charge < -0.3 is 15.5 Å². The van der Waals surface area contributed by atoms with Crippen molar-refractivity contribution in [3.63, 3.8) is 0 Å². The van der Waals surface area contributed by atoms with Crippen LogP contribution < -0.4 is 11.1 Å². The second kappa shape index (κ2) is 4.93. The lowest BCUT2D eigenvalue weighted by Gasteiger charge is -2.07. The summed E-state index contributed by atoms with van der Waals surface area (Å²) in [7, 11) is 0. The van der Waals surface area contributed by atoms with Crippen LogP contribution in [0.15, 0.2) is 44.1 Å². The summed E-state index contributed by atoms with van der Waals surface area (Å²) in [6.45, 7) is 0. The predicted octanol–water partition coefficient (Wildman–Crippen LogP) is 3.64. The topological polar surface area (TPSA) is 68.3 Å². The number of carbonyl (C=O) groups excluding carboxylic acids is 1. The molecule has 0 atom stereocenters. The molecule has 88 valence electrons. The van der Waals surface area contributed by atoms with Gasteiger partial charge in [-0.15, -0.1) is 0 Å². The molecular weight excluding hydrogens is 352 g/mol. The second-order valence-corrected chi connectivity index (χ2v) is 4.93. The van der Waals surface area contributed by atoms with E-state index in [9.17, 15) is 4.79 Å². The lowest BCUT2D eigenvalue weighted by Crippen LogP contribution is -2.12. The van der Waals surface area contributed by atoms with Crippen LogP contribution in [-0.2, 0) is 0 Å². The number of carbonyl (C=O) groups is 1. The van der Waals surface area contributed by atoms with E-state index in [0.717, 1.165) is 4.47 Å². The van der Waals surface area contributed by atoms with Gasteiger partial charge in [0.05, 0.1) is 23.2 Å². The molecule has 2 rings (SSSR count). The first-order chi connectivity index (χ1) is 8.08. The third-order valence-corrected chi connectivity index (χ3v) is 3.23. The number of amides is 1. The number of furan rings is 1. The highest BCUT2D eigenvalue weighted by atomic mass is 79.9. The summed E-state index contributed by atoms with van der Waals surface area (Å²) >= 11 is 6.44. The highest BCUT2D eigenvalue weighted by Gasteiger charge is 2.13. The summed E-state index contributed by atoms with van der Waals surface area (Å²) in [4.78, 5) is 11.9. The SMILES string of the molecule is Nc1cc(Br)ccc1NC(=O)c1ccoc1Br. The number of hydrogen-bond donors (Lipinski definition) is 2. The first-order valence-corrected chi connectivity index (χ1v) is 6.26. The molecule has 0 bridgehead atoms. The summed E-state index contributed by atoms with van der Waals surface area (Å²) in [5, 5.41) is 2.71. The summed E-state index contributed by atoms with van der Waals surface area (Å²) in [5.74, 6) is -0.278. The summed E-state index contributed by atoms with van der Waals surface area (Å²) in [5.41, 5.74) is 7.26. The van der Waals surface area contributed by atoms with Crippen LogP contribution in [0.2, 0.25) is 0 Å². The van der Waals surface area contributed by atoms with E-state index in [1.165, 1.54) is 6.26 Å². The molecule has 0 aliphatic rings. The van der Waals surface area contributed by atoms with Gasteiger partial charge in [-0.1, -0.05) is 15.9 Å². The highest BCUT2D eigenvalue weighted by Crippen LogP contribution is 2.25. The Bertz CT molecular complexity index is 566. The minimum absolute atomic E-state index is 0.278. The van der Waals surface area contributed by atoms with E-state index in [0.29, 0.717) is 21.6 Å². The quantitative estimate of drug-likeness (QED) is 0.804. The van der Waals surface area contributed by atoms with E-state index >= 15 is 0 Å².